The molecule has 1 saturated carbocycles. The molecule has 1 fully saturated rings. The summed E-state index contributed by atoms with van der Waals surface area (Å²) in [5, 5.41) is 12.2. The minimum Gasteiger partial charge on any atom is -0.330 e. The van der Waals surface area contributed by atoms with Gasteiger partial charge in [0.1, 0.15) is 0 Å². The lowest BCUT2D eigenvalue weighted by molar-refractivity contribution is -0.122. The Morgan fingerprint density at radius 2 is 2.20 bits per heavy atom. The van der Waals surface area contributed by atoms with E-state index in [0.29, 0.717) is 22.8 Å². The van der Waals surface area contributed by atoms with Crippen LogP contribution in [-0.2, 0) is 4.79 Å². The summed E-state index contributed by atoms with van der Waals surface area (Å²) in [7, 11) is 0. The second-order valence-electron chi connectivity index (χ2n) is 5.18. The Morgan fingerprint density at radius 3 is 2.90 bits per heavy atom. The van der Waals surface area contributed by atoms with E-state index in [-0.39, 0.29) is 17.7 Å². The van der Waals surface area contributed by atoms with Crippen molar-refractivity contribution < 1.29 is 4.79 Å². The lowest BCUT2D eigenvalue weighted by Crippen LogP contribution is -2.35. The van der Waals surface area contributed by atoms with Crippen LogP contribution in [0.25, 0.3) is 0 Å². The first-order valence-corrected chi connectivity index (χ1v) is 7.24. The molecular formula is C15H18ClN3O. The average Bonchev–Trinajstić information content (AvgIpc) is 2.49. The molecule has 2 rings (SSSR count). The highest BCUT2D eigenvalue weighted by molar-refractivity contribution is 6.33. The zero-order chi connectivity index (χ0) is 14.5. The number of amides is 1. The number of nitrogens with zero attached hydrogens (tertiary/aromatic N) is 1. The third-order valence-electron chi connectivity index (χ3n) is 3.90. The summed E-state index contributed by atoms with van der Waals surface area (Å²) in [5.74, 6) is 0.134. The van der Waals surface area contributed by atoms with E-state index in [9.17, 15) is 4.79 Å². The molecule has 0 aliphatic heterocycles. The van der Waals surface area contributed by atoms with Crippen LogP contribution in [0.1, 0.15) is 31.2 Å². The molecule has 0 saturated heterocycles. The highest BCUT2D eigenvalue weighted by atomic mass is 35.5. The maximum absolute atomic E-state index is 12.4. The fourth-order valence-corrected chi connectivity index (χ4v) is 2.92. The van der Waals surface area contributed by atoms with Gasteiger partial charge in [0.25, 0.3) is 0 Å². The van der Waals surface area contributed by atoms with Gasteiger partial charge in [-0.05, 0) is 43.5 Å². The molecule has 0 bridgehead atoms. The van der Waals surface area contributed by atoms with Gasteiger partial charge in [-0.2, -0.15) is 5.26 Å². The summed E-state index contributed by atoms with van der Waals surface area (Å²) in [6.45, 7) is 0.532. The second kappa shape index (κ2) is 6.74. The molecular weight excluding hydrogens is 274 g/mol. The second-order valence-corrected chi connectivity index (χ2v) is 5.59. The number of nitrogens with two attached hydrogens (primary N) is 1. The largest absolute Gasteiger partial charge is 0.330 e. The Labute approximate surface area is 123 Å². The first kappa shape index (κ1) is 14.8. The van der Waals surface area contributed by atoms with E-state index in [1.807, 2.05) is 6.07 Å². The molecule has 20 heavy (non-hydrogen) atoms. The highest BCUT2D eigenvalue weighted by Gasteiger charge is 2.30. The summed E-state index contributed by atoms with van der Waals surface area (Å²) in [6, 6.07) is 6.88. The molecule has 1 amide bonds. The molecule has 0 spiro atoms. The summed E-state index contributed by atoms with van der Waals surface area (Å²) in [5.41, 5.74) is 6.72. The van der Waals surface area contributed by atoms with Gasteiger partial charge in [0.2, 0.25) is 5.91 Å². The molecule has 0 aromatic heterocycles. The molecule has 4 nitrogen and oxygen atoms in total. The first-order valence-electron chi connectivity index (χ1n) is 6.86. The summed E-state index contributed by atoms with van der Waals surface area (Å²) in [6.07, 6.45) is 4.06. The molecule has 5 heteroatoms. The number of halogens is 1. The number of hydrogen-bond acceptors (Lipinski definition) is 3. The fourth-order valence-electron chi connectivity index (χ4n) is 2.75. The number of carbonyl (C=O) groups is 1. The van der Waals surface area contributed by atoms with Gasteiger partial charge >= 0.3 is 0 Å². The van der Waals surface area contributed by atoms with E-state index in [0.717, 1.165) is 25.7 Å². The SMILES string of the molecule is N#Cc1ccc(Cl)c(NC(=O)C2CCCCC2CN)c1. The lowest BCUT2D eigenvalue weighted by atomic mass is 9.78. The smallest absolute Gasteiger partial charge is 0.227 e. The van der Waals surface area contributed by atoms with Crippen LogP contribution in [0.2, 0.25) is 5.02 Å². The molecule has 0 heterocycles. The Morgan fingerprint density at radius 1 is 1.45 bits per heavy atom. The van der Waals surface area contributed by atoms with Crippen LogP contribution in [0.4, 0.5) is 5.69 Å². The molecule has 2 atom stereocenters. The Balaban J connectivity index is 2.13. The van der Waals surface area contributed by atoms with Crippen molar-refractivity contribution >= 4 is 23.2 Å². The summed E-state index contributed by atoms with van der Waals surface area (Å²) >= 11 is 6.06. The van der Waals surface area contributed by atoms with Crippen LogP contribution >= 0.6 is 11.6 Å². The topological polar surface area (TPSA) is 78.9 Å². The Bertz CT molecular complexity index is 538. The lowest BCUT2D eigenvalue weighted by Gasteiger charge is -2.29. The number of nitriles is 1. The van der Waals surface area contributed by atoms with Gasteiger partial charge in [-0.15, -0.1) is 0 Å². The maximum atomic E-state index is 12.4. The standard InChI is InChI=1S/C15H18ClN3O/c16-13-6-5-10(8-17)7-14(13)19-15(20)12-4-2-1-3-11(12)9-18/h5-7,11-12H,1-4,9,18H2,(H,19,20). The average molecular weight is 292 g/mol. The number of anilines is 1. The minimum absolute atomic E-state index is 0.0443. The molecule has 1 aromatic carbocycles. The zero-order valence-electron chi connectivity index (χ0n) is 11.2. The number of rotatable bonds is 3. The molecule has 0 radical (unpaired) electrons. The van der Waals surface area contributed by atoms with Gasteiger partial charge in [-0.3, -0.25) is 4.79 Å². The highest BCUT2D eigenvalue weighted by Crippen LogP contribution is 2.31. The quantitative estimate of drug-likeness (QED) is 0.898. The van der Waals surface area contributed by atoms with E-state index in [4.69, 9.17) is 22.6 Å². The molecule has 1 aliphatic rings. The third-order valence-corrected chi connectivity index (χ3v) is 4.23. The van der Waals surface area contributed by atoms with Crippen molar-refractivity contribution in [3.8, 4) is 6.07 Å². The van der Waals surface area contributed by atoms with E-state index >= 15 is 0 Å². The van der Waals surface area contributed by atoms with E-state index in [1.54, 1.807) is 18.2 Å². The third kappa shape index (κ3) is 3.30. The summed E-state index contributed by atoms with van der Waals surface area (Å²) < 4.78 is 0. The summed E-state index contributed by atoms with van der Waals surface area (Å²) in [4.78, 5) is 12.4. The van der Waals surface area contributed by atoms with Gasteiger partial charge < -0.3 is 11.1 Å². The number of nitrogens with one attached hydrogen (secondary N) is 1. The predicted molar refractivity (Wildman–Crippen MR) is 79.3 cm³/mol. The van der Waals surface area contributed by atoms with Crippen LogP contribution < -0.4 is 11.1 Å². The van der Waals surface area contributed by atoms with Crippen molar-refractivity contribution in [2.45, 2.75) is 25.7 Å². The number of benzene rings is 1. The van der Waals surface area contributed by atoms with Gasteiger partial charge in [0, 0.05) is 5.92 Å². The van der Waals surface area contributed by atoms with Crippen molar-refractivity contribution in [3.63, 3.8) is 0 Å². The molecule has 1 aliphatic carbocycles. The van der Waals surface area contributed by atoms with Gasteiger partial charge in [0.15, 0.2) is 0 Å². The molecule has 2 unspecified atom stereocenters. The molecule has 1 aromatic rings. The first-order chi connectivity index (χ1) is 9.65. The van der Waals surface area contributed by atoms with Crippen molar-refractivity contribution in [1.82, 2.24) is 0 Å². The normalized spacial score (nSPS) is 22.1. The number of carbonyl (C=O) groups excluding carboxylic acids is 1. The van der Waals surface area contributed by atoms with Crippen molar-refractivity contribution in [2.24, 2.45) is 17.6 Å². The Hall–Kier alpha value is -1.57. The number of hydrogen-bond donors (Lipinski definition) is 2. The Kier molecular flexibility index (Phi) is 4.99. The van der Waals surface area contributed by atoms with Gasteiger partial charge in [-0.1, -0.05) is 24.4 Å². The maximum Gasteiger partial charge on any atom is 0.227 e. The molecule has 3 N–H and O–H groups in total. The fraction of sp³-hybridized carbons (Fsp3) is 0.467. The van der Waals surface area contributed by atoms with E-state index < -0.39 is 0 Å². The van der Waals surface area contributed by atoms with E-state index in [2.05, 4.69) is 5.32 Å². The van der Waals surface area contributed by atoms with Crippen LogP contribution in [0.5, 0.6) is 0 Å². The minimum atomic E-state index is -0.0597. The zero-order valence-corrected chi connectivity index (χ0v) is 12.0. The van der Waals surface area contributed by atoms with Crippen LogP contribution in [0, 0.1) is 23.2 Å². The van der Waals surface area contributed by atoms with Crippen LogP contribution in [-0.4, -0.2) is 12.5 Å². The van der Waals surface area contributed by atoms with E-state index in [1.165, 1.54) is 0 Å². The van der Waals surface area contributed by atoms with Crippen molar-refractivity contribution in [2.75, 3.05) is 11.9 Å². The van der Waals surface area contributed by atoms with Crippen LogP contribution in [0.3, 0.4) is 0 Å². The van der Waals surface area contributed by atoms with Crippen molar-refractivity contribution in [1.29, 1.82) is 5.26 Å². The molecule has 106 valence electrons. The van der Waals surface area contributed by atoms with Gasteiger partial charge in [0.05, 0.1) is 22.3 Å². The van der Waals surface area contributed by atoms with Crippen LogP contribution in [0.15, 0.2) is 18.2 Å². The van der Waals surface area contributed by atoms with Crippen molar-refractivity contribution in [3.05, 3.63) is 28.8 Å². The monoisotopic (exact) mass is 291 g/mol. The predicted octanol–water partition coefficient (Wildman–Crippen LogP) is 2.92. The van der Waals surface area contributed by atoms with Gasteiger partial charge in [-0.25, -0.2) is 0 Å².